The van der Waals surface area contributed by atoms with E-state index in [1.807, 2.05) is 24.3 Å². The summed E-state index contributed by atoms with van der Waals surface area (Å²) in [6, 6.07) is 41.2. The lowest BCUT2D eigenvalue weighted by molar-refractivity contribution is -0.384. The van der Waals surface area contributed by atoms with Crippen LogP contribution in [0.3, 0.4) is 0 Å². The summed E-state index contributed by atoms with van der Waals surface area (Å²) in [4.78, 5) is 11.4. The summed E-state index contributed by atoms with van der Waals surface area (Å²) >= 11 is 3.35. The van der Waals surface area contributed by atoms with Gasteiger partial charge < -0.3 is 0 Å². The molecule has 168 valence electrons. The van der Waals surface area contributed by atoms with Crippen LogP contribution in [0.2, 0.25) is 0 Å². The van der Waals surface area contributed by atoms with Gasteiger partial charge in [-0.1, -0.05) is 119 Å². The maximum Gasteiger partial charge on any atom is 0.278 e. The summed E-state index contributed by atoms with van der Waals surface area (Å²) in [6.07, 6.45) is 0. The second-order valence-corrected chi connectivity index (χ2v) is 9.62. The van der Waals surface area contributed by atoms with Crippen molar-refractivity contribution in [1.29, 1.82) is 0 Å². The number of fused-ring (bicyclic) bond motifs is 3. The Morgan fingerprint density at radius 1 is 0.600 bits per heavy atom. The van der Waals surface area contributed by atoms with E-state index >= 15 is 0 Å². The van der Waals surface area contributed by atoms with Crippen molar-refractivity contribution in [1.82, 2.24) is 0 Å². The second-order valence-electron chi connectivity index (χ2n) is 8.70. The van der Waals surface area contributed by atoms with E-state index in [4.69, 9.17) is 0 Å². The van der Waals surface area contributed by atoms with Crippen LogP contribution in [0.15, 0.2) is 126 Å². The number of nitro groups is 1. The predicted molar refractivity (Wildman–Crippen MR) is 144 cm³/mol. The number of halogens is 1. The number of hydrogen-bond donors (Lipinski definition) is 0. The highest BCUT2D eigenvalue weighted by atomic mass is 79.9. The van der Waals surface area contributed by atoms with E-state index in [1.165, 1.54) is 27.8 Å². The van der Waals surface area contributed by atoms with E-state index in [2.05, 4.69) is 101 Å². The highest BCUT2D eigenvalue weighted by Crippen LogP contribution is 2.56. The largest absolute Gasteiger partial charge is 0.278 e. The Labute approximate surface area is 212 Å². The molecular formula is C31H20BrNO2. The second kappa shape index (κ2) is 8.33. The van der Waals surface area contributed by atoms with Crippen molar-refractivity contribution in [3.63, 3.8) is 0 Å². The number of rotatable bonds is 4. The Balaban J connectivity index is 1.61. The van der Waals surface area contributed by atoms with Crippen LogP contribution >= 0.6 is 15.9 Å². The summed E-state index contributed by atoms with van der Waals surface area (Å²) in [5.41, 5.74) is 8.31. The average Bonchev–Trinajstić information content (AvgIpc) is 3.21. The van der Waals surface area contributed by atoms with Crippen molar-refractivity contribution in [3.05, 3.63) is 158 Å². The van der Waals surface area contributed by atoms with Crippen LogP contribution in [-0.4, -0.2) is 4.92 Å². The van der Waals surface area contributed by atoms with Crippen molar-refractivity contribution in [2.75, 3.05) is 0 Å². The summed E-state index contributed by atoms with van der Waals surface area (Å²) in [7, 11) is 0. The Hall–Kier alpha value is -4.02. The first-order valence-corrected chi connectivity index (χ1v) is 12.2. The Morgan fingerprint density at radius 3 is 1.74 bits per heavy atom. The molecule has 0 spiro atoms. The van der Waals surface area contributed by atoms with E-state index in [1.54, 1.807) is 12.1 Å². The molecule has 0 unspecified atom stereocenters. The highest BCUT2D eigenvalue weighted by molar-refractivity contribution is 9.10. The third-order valence-corrected chi connectivity index (χ3v) is 7.44. The molecule has 0 saturated carbocycles. The minimum atomic E-state index is -0.474. The summed E-state index contributed by atoms with van der Waals surface area (Å²) in [6.45, 7) is 0. The number of hydrogen-bond acceptors (Lipinski definition) is 2. The lowest BCUT2D eigenvalue weighted by Gasteiger charge is -2.34. The fourth-order valence-corrected chi connectivity index (χ4v) is 5.86. The minimum Gasteiger partial charge on any atom is -0.258 e. The van der Waals surface area contributed by atoms with Crippen LogP contribution in [0.4, 0.5) is 5.69 Å². The van der Waals surface area contributed by atoms with E-state index in [-0.39, 0.29) is 10.6 Å². The summed E-state index contributed by atoms with van der Waals surface area (Å²) in [5.74, 6) is 0. The zero-order valence-corrected chi connectivity index (χ0v) is 20.3. The maximum absolute atomic E-state index is 11.7. The molecule has 0 N–H and O–H groups in total. The molecule has 0 atom stereocenters. The monoisotopic (exact) mass is 517 g/mol. The standard InChI is InChI=1S/C31H20BrNO2/c32-24-18-19-25(30(20-24)33(34)35)21-14-16-23(17-15-21)31(22-8-2-1-3-9-22)28-12-6-4-10-26(28)27-11-5-7-13-29(27)31/h1-20H. The molecular weight excluding hydrogens is 498 g/mol. The zero-order chi connectivity index (χ0) is 24.0. The molecule has 5 aromatic carbocycles. The van der Waals surface area contributed by atoms with Crippen molar-refractivity contribution in [2.24, 2.45) is 0 Å². The van der Waals surface area contributed by atoms with Gasteiger partial charge in [-0.3, -0.25) is 10.1 Å². The van der Waals surface area contributed by atoms with Crippen LogP contribution in [0.1, 0.15) is 22.3 Å². The first-order valence-electron chi connectivity index (χ1n) is 11.4. The number of benzene rings is 5. The normalized spacial score (nSPS) is 13.2. The van der Waals surface area contributed by atoms with Gasteiger partial charge in [0.15, 0.2) is 0 Å². The van der Waals surface area contributed by atoms with E-state index in [0.29, 0.717) is 10.0 Å². The Bertz CT molecular complexity index is 1530. The maximum atomic E-state index is 11.7. The molecule has 0 saturated heterocycles. The quantitative estimate of drug-likeness (QED) is 0.174. The molecule has 1 aliphatic rings. The van der Waals surface area contributed by atoms with Crippen molar-refractivity contribution < 1.29 is 4.92 Å². The van der Waals surface area contributed by atoms with Crippen molar-refractivity contribution in [2.45, 2.75) is 5.41 Å². The van der Waals surface area contributed by atoms with Crippen molar-refractivity contribution in [3.8, 4) is 22.3 Å². The Morgan fingerprint density at radius 2 is 1.14 bits per heavy atom. The van der Waals surface area contributed by atoms with E-state index in [9.17, 15) is 10.1 Å². The third-order valence-electron chi connectivity index (χ3n) is 6.94. The first kappa shape index (κ1) is 21.5. The highest BCUT2D eigenvalue weighted by Gasteiger charge is 2.45. The van der Waals surface area contributed by atoms with Crippen LogP contribution in [0.5, 0.6) is 0 Å². The minimum absolute atomic E-state index is 0.0847. The van der Waals surface area contributed by atoms with Gasteiger partial charge in [-0.25, -0.2) is 0 Å². The lowest BCUT2D eigenvalue weighted by atomic mass is 9.67. The number of nitrogens with zero attached hydrogens (tertiary/aromatic N) is 1. The van der Waals surface area contributed by atoms with Gasteiger partial charge in [0.2, 0.25) is 0 Å². The smallest absolute Gasteiger partial charge is 0.258 e. The molecule has 0 fully saturated rings. The number of nitro benzene ring substituents is 1. The topological polar surface area (TPSA) is 43.1 Å². The fraction of sp³-hybridized carbons (Fsp3) is 0.0323. The van der Waals surface area contributed by atoms with Gasteiger partial charge in [-0.05, 0) is 51.1 Å². The molecule has 0 amide bonds. The molecule has 6 rings (SSSR count). The van der Waals surface area contributed by atoms with Gasteiger partial charge in [0.1, 0.15) is 0 Å². The van der Waals surface area contributed by atoms with Crippen LogP contribution < -0.4 is 0 Å². The van der Waals surface area contributed by atoms with Gasteiger partial charge in [-0.15, -0.1) is 0 Å². The fourth-order valence-electron chi connectivity index (χ4n) is 5.51. The first-order chi connectivity index (χ1) is 17.1. The van der Waals surface area contributed by atoms with Gasteiger partial charge in [-0.2, -0.15) is 0 Å². The van der Waals surface area contributed by atoms with Crippen LogP contribution in [0, 0.1) is 10.1 Å². The lowest BCUT2D eigenvalue weighted by Crippen LogP contribution is -2.28. The molecule has 5 aromatic rings. The molecule has 0 bridgehead atoms. The molecule has 35 heavy (non-hydrogen) atoms. The zero-order valence-electron chi connectivity index (χ0n) is 18.7. The molecule has 0 heterocycles. The molecule has 0 aliphatic heterocycles. The molecule has 3 nitrogen and oxygen atoms in total. The average molecular weight is 518 g/mol. The Kier molecular flexibility index (Phi) is 5.12. The molecule has 0 radical (unpaired) electrons. The van der Waals surface area contributed by atoms with Gasteiger partial charge >= 0.3 is 0 Å². The van der Waals surface area contributed by atoms with E-state index in [0.717, 1.165) is 11.1 Å². The SMILES string of the molecule is O=[N+]([O-])c1cc(Br)ccc1-c1ccc(C2(c3ccccc3)c3ccccc3-c3ccccc32)cc1. The van der Waals surface area contributed by atoms with E-state index < -0.39 is 5.41 Å². The molecule has 1 aliphatic carbocycles. The van der Waals surface area contributed by atoms with Gasteiger partial charge in [0.05, 0.1) is 15.9 Å². The van der Waals surface area contributed by atoms with Crippen molar-refractivity contribution >= 4 is 21.6 Å². The predicted octanol–water partition coefficient (Wildman–Crippen LogP) is 8.39. The molecule has 4 heteroatoms. The van der Waals surface area contributed by atoms with Crippen LogP contribution in [0.25, 0.3) is 22.3 Å². The van der Waals surface area contributed by atoms with Gasteiger partial charge in [0.25, 0.3) is 5.69 Å². The third kappa shape index (κ3) is 3.25. The van der Waals surface area contributed by atoms with Crippen LogP contribution in [-0.2, 0) is 5.41 Å². The summed E-state index contributed by atoms with van der Waals surface area (Å²) < 4.78 is 0.687. The summed E-state index contributed by atoms with van der Waals surface area (Å²) in [5, 5.41) is 11.7. The molecule has 0 aromatic heterocycles. The van der Waals surface area contributed by atoms with Gasteiger partial charge in [0, 0.05) is 10.5 Å².